The van der Waals surface area contributed by atoms with Gasteiger partial charge in [-0.2, -0.15) is 0 Å². The monoisotopic (exact) mass is 865 g/mol. The molecule has 1 aromatic rings. The van der Waals surface area contributed by atoms with Crippen LogP contribution in [0, 0.1) is 50.4 Å². The zero-order valence-corrected chi connectivity index (χ0v) is 39.8. The summed E-state index contributed by atoms with van der Waals surface area (Å²) in [6.07, 6.45) is 40.0. The Morgan fingerprint density at radius 2 is 1.33 bits per heavy atom. The Balaban J connectivity index is 0.00000126. The molecular formula is C48H71Cl2NOSiZr. The van der Waals surface area contributed by atoms with E-state index < -0.39 is 28.9 Å². The number of para-hydroxylation sites is 1. The first kappa shape index (κ1) is 45.8. The summed E-state index contributed by atoms with van der Waals surface area (Å²) in [4.78, 5) is 2.70. The molecule has 0 saturated heterocycles. The van der Waals surface area contributed by atoms with E-state index in [2.05, 4.69) is 137 Å². The van der Waals surface area contributed by atoms with E-state index in [1.54, 1.807) is 11.1 Å². The number of hydrogen-bond acceptors (Lipinski definition) is 2. The van der Waals surface area contributed by atoms with Gasteiger partial charge in [0.2, 0.25) is 0 Å². The Kier molecular flexibility index (Phi) is 17.5. The van der Waals surface area contributed by atoms with E-state index in [4.69, 9.17) is 21.8 Å². The molecule has 7 rings (SSSR count). The van der Waals surface area contributed by atoms with Crippen molar-refractivity contribution in [3.05, 3.63) is 117 Å². The van der Waals surface area contributed by atoms with Crippen LogP contribution < -0.4 is 4.90 Å². The fourth-order valence-electron chi connectivity index (χ4n) is 11.9. The van der Waals surface area contributed by atoms with Crippen molar-refractivity contribution < 1.29 is 25.6 Å². The number of benzene rings is 1. The predicted octanol–water partition coefficient (Wildman–Crippen LogP) is 14.5. The summed E-state index contributed by atoms with van der Waals surface area (Å²) in [6.45, 7) is 12.7. The fraction of sp³-hybridized carbons (Fsp3) is 0.583. The minimum atomic E-state index is -1.97. The average Bonchev–Trinajstić information content (AvgIpc) is 3.76. The number of allylic oxidation sites excluding steroid dienone is 11. The number of hydrogen-bond donors (Lipinski definition) is 0. The summed E-state index contributed by atoms with van der Waals surface area (Å²) in [5, 5.41) is 0. The number of nitrogens with zero attached hydrogens (tertiary/aromatic N) is 1. The van der Waals surface area contributed by atoms with Gasteiger partial charge in [-0.05, 0) is 92.3 Å². The van der Waals surface area contributed by atoms with Crippen molar-refractivity contribution in [1.29, 1.82) is 0 Å². The minimum absolute atomic E-state index is 0. The number of likely N-dealkylation sites (N-methyl/N-ethyl adjacent to an activating group) is 1. The van der Waals surface area contributed by atoms with E-state index in [0.717, 1.165) is 17.7 Å². The van der Waals surface area contributed by atoms with Crippen molar-refractivity contribution in [1.82, 2.24) is 0 Å². The second kappa shape index (κ2) is 20.7. The second-order valence-corrected chi connectivity index (χ2v) is 26.4. The van der Waals surface area contributed by atoms with Gasteiger partial charge in [-0.15, -0.1) is 0 Å². The number of ether oxygens (including phenoxy) is 1. The van der Waals surface area contributed by atoms with Crippen LogP contribution in [-0.2, 0) is 25.6 Å². The van der Waals surface area contributed by atoms with Crippen LogP contribution in [0.25, 0.3) is 0 Å². The summed E-state index contributed by atoms with van der Waals surface area (Å²) >= 11 is -0.826. The van der Waals surface area contributed by atoms with Crippen molar-refractivity contribution in [3.8, 4) is 0 Å². The quantitative estimate of drug-likeness (QED) is 0.105. The zero-order valence-electron chi connectivity index (χ0n) is 34.8. The maximum atomic E-state index is 6.12. The van der Waals surface area contributed by atoms with Gasteiger partial charge >= 0.3 is 37.9 Å². The molecule has 2 saturated carbocycles. The molecule has 6 heteroatoms. The van der Waals surface area contributed by atoms with E-state index in [9.17, 15) is 0 Å². The van der Waals surface area contributed by atoms with Gasteiger partial charge < -0.3 is 24.5 Å². The van der Waals surface area contributed by atoms with E-state index in [-0.39, 0.29) is 20.5 Å². The average molecular weight is 868 g/mol. The van der Waals surface area contributed by atoms with Crippen LogP contribution in [0.2, 0.25) is 23.7 Å². The summed E-state index contributed by atoms with van der Waals surface area (Å²) in [7, 11) is 10.3. The van der Waals surface area contributed by atoms with Crippen LogP contribution in [0.4, 0.5) is 5.69 Å². The van der Waals surface area contributed by atoms with Crippen LogP contribution in [0.1, 0.15) is 97.0 Å². The molecule has 0 N–H and O–H groups in total. The molecule has 0 bridgehead atoms. The molecule has 11 unspecified atom stereocenters. The van der Waals surface area contributed by atoms with Crippen LogP contribution in [0.3, 0.4) is 0 Å². The van der Waals surface area contributed by atoms with Gasteiger partial charge in [0.15, 0.2) is 0 Å². The van der Waals surface area contributed by atoms with Crippen LogP contribution >= 0.6 is 17.0 Å². The Morgan fingerprint density at radius 3 is 2.02 bits per heavy atom. The maximum absolute atomic E-state index is 6.12. The number of unbranched alkanes of at least 4 members (excludes halogenated alkanes) is 6. The molecule has 296 valence electrons. The van der Waals surface area contributed by atoms with E-state index in [1.165, 1.54) is 69.5 Å². The second-order valence-electron chi connectivity index (χ2n) is 17.9. The van der Waals surface area contributed by atoms with Crippen LogP contribution in [0.15, 0.2) is 96.7 Å². The standard InChI is InChI=1S/C46H65NOSi.2CH3.2ClH.Zr/c1-7-8-9-12-21-33-28-29-35-34-22-13-15-24-37(34)44(40(35)32-33)49(6,31-20-11-10-19-30-48-46(2,3)4)45-38-25-16-14-23-36(38)43-42(45)39-26-17-18-27-41(39)47(43)5;;;;;/h13-18,22-29,32,34-38,40,42-45H,7-12,19-21,30-31H2,1-6H3;2*1H3;2*1H;/q;2*-1;;;+4/p-2. The Hall–Kier alpha value is -0.900. The third kappa shape index (κ3) is 9.68. The summed E-state index contributed by atoms with van der Waals surface area (Å²) in [6, 6.07) is 11.5. The number of rotatable bonds is 14. The topological polar surface area (TPSA) is 12.5 Å². The summed E-state index contributed by atoms with van der Waals surface area (Å²) in [5.74, 6) is 4.48. The first-order chi connectivity index (χ1) is 25.1. The Bertz CT molecular complexity index is 1530. The van der Waals surface area contributed by atoms with Gasteiger partial charge in [0.25, 0.3) is 0 Å². The molecule has 0 aromatic heterocycles. The van der Waals surface area contributed by atoms with Crippen molar-refractivity contribution >= 4 is 30.8 Å². The SMILES string of the molecule is CCCCCCC1=CC2C(C=C1)C1C=CC=CC1C2[Si](C)(CCCCCCOC(C)(C)C)C1C2C=CC=CC2C2C1c1ccccc1N2C.[CH3-].[CH3-].[Cl][Zr+2][Cl]. The number of halogens is 2. The molecule has 5 aliphatic carbocycles. The van der Waals surface area contributed by atoms with Crippen molar-refractivity contribution in [3.63, 3.8) is 0 Å². The number of anilines is 1. The predicted molar refractivity (Wildman–Crippen MR) is 237 cm³/mol. The molecule has 0 radical (unpaired) electrons. The third-order valence-electron chi connectivity index (χ3n) is 13.8. The molecule has 6 aliphatic rings. The first-order valence-electron chi connectivity index (χ1n) is 20.7. The van der Waals surface area contributed by atoms with Gasteiger partial charge in [-0.3, -0.25) is 0 Å². The Morgan fingerprint density at radius 1 is 0.741 bits per heavy atom. The molecule has 11 atom stereocenters. The molecule has 1 heterocycles. The van der Waals surface area contributed by atoms with E-state index in [0.29, 0.717) is 47.5 Å². The molecule has 54 heavy (non-hydrogen) atoms. The van der Waals surface area contributed by atoms with Gasteiger partial charge in [0.05, 0.1) is 13.7 Å². The zero-order chi connectivity index (χ0) is 36.9. The molecule has 1 aliphatic heterocycles. The van der Waals surface area contributed by atoms with E-state index in [1.807, 2.05) is 0 Å². The summed E-state index contributed by atoms with van der Waals surface area (Å²) in [5.41, 5.74) is 6.26. The summed E-state index contributed by atoms with van der Waals surface area (Å²) < 4.78 is 6.12. The van der Waals surface area contributed by atoms with Crippen LogP contribution in [0.5, 0.6) is 0 Å². The van der Waals surface area contributed by atoms with E-state index >= 15 is 0 Å². The molecule has 2 nitrogen and oxygen atoms in total. The number of fused-ring (bicyclic) bond motifs is 8. The molecule has 1 aromatic carbocycles. The first-order valence-corrected chi connectivity index (χ1v) is 29.8. The normalized spacial score (nSPS) is 31.7. The molecule has 2 fully saturated rings. The van der Waals surface area contributed by atoms with Gasteiger partial charge in [-0.1, -0.05) is 149 Å². The van der Waals surface area contributed by atoms with Crippen LogP contribution in [-0.4, -0.2) is 33.4 Å². The third-order valence-corrected chi connectivity index (χ3v) is 19.8. The molecule has 0 spiro atoms. The fourth-order valence-corrected chi connectivity index (χ4v) is 18.8. The Labute approximate surface area is 351 Å². The van der Waals surface area contributed by atoms with Crippen molar-refractivity contribution in [2.24, 2.45) is 35.5 Å². The van der Waals surface area contributed by atoms with Crippen molar-refractivity contribution in [2.45, 2.75) is 127 Å². The molecule has 0 amide bonds. The van der Waals surface area contributed by atoms with Crippen molar-refractivity contribution in [2.75, 3.05) is 18.6 Å². The molecular weight excluding hydrogens is 797 g/mol. The van der Waals surface area contributed by atoms with Gasteiger partial charge in [-0.25, -0.2) is 0 Å². The van der Waals surface area contributed by atoms with Gasteiger partial charge in [0, 0.05) is 37.2 Å². The van der Waals surface area contributed by atoms with Gasteiger partial charge in [0.1, 0.15) is 0 Å².